The number of carboxylic acids is 1. The highest BCUT2D eigenvalue weighted by Crippen LogP contribution is 2.18. The zero-order valence-electron chi connectivity index (χ0n) is 31.7. The Morgan fingerprint density at radius 2 is 1.24 bits per heavy atom. The van der Waals surface area contributed by atoms with Crippen LogP contribution in [0, 0.1) is 11.8 Å². The van der Waals surface area contributed by atoms with Crippen LogP contribution < -0.4 is 10.6 Å². The second-order valence-corrected chi connectivity index (χ2v) is 14.8. The molecule has 282 valence electrons. The largest absolute Gasteiger partial charge is 0.480 e. The van der Waals surface area contributed by atoms with Crippen molar-refractivity contribution in [3.8, 4) is 0 Å². The fourth-order valence-corrected chi connectivity index (χ4v) is 5.23. The first-order chi connectivity index (χ1) is 23.0. The molecule has 0 radical (unpaired) electrons. The van der Waals surface area contributed by atoms with Crippen LogP contribution in [0.5, 0.6) is 0 Å². The maximum Gasteiger partial charge on any atom is 0.410 e. The van der Waals surface area contributed by atoms with Crippen LogP contribution in [0.4, 0.5) is 4.79 Å². The third-order valence-corrected chi connectivity index (χ3v) is 8.19. The maximum atomic E-state index is 14.2. The fourth-order valence-electron chi connectivity index (χ4n) is 5.23. The molecule has 0 aliphatic rings. The molecule has 50 heavy (non-hydrogen) atoms. The second-order valence-electron chi connectivity index (χ2n) is 14.8. The van der Waals surface area contributed by atoms with Crippen LogP contribution >= 0.6 is 0 Å². The molecule has 14 nitrogen and oxygen atoms in total. The van der Waals surface area contributed by atoms with Crippen LogP contribution in [0.3, 0.4) is 0 Å². The van der Waals surface area contributed by atoms with Gasteiger partial charge in [0.2, 0.25) is 23.6 Å². The van der Waals surface area contributed by atoms with Gasteiger partial charge in [0.05, 0.1) is 6.10 Å². The number of aliphatic carboxylic acids is 1. The standard InChI is InChI=1S/C36H59N5O9/c1-21(2)18-26(33(46)41(12)27(19-22(3)4)31(44)38-29(24(6)42)34(47)48)37-30(43)28(20-25-16-14-13-15-17-25)40(11)32(45)23(5)39(10)35(49)50-36(7,8)9/h13-17,21-24,26-29,42H,18-20H2,1-12H3,(H,37,43)(H,38,44)(H,47,48)/t23-,24+,26-,27-,28-,29-/m0/s1. The summed E-state index contributed by atoms with van der Waals surface area (Å²) in [7, 11) is 4.32. The number of nitrogens with zero attached hydrogens (tertiary/aromatic N) is 3. The first kappa shape index (κ1) is 43.8. The summed E-state index contributed by atoms with van der Waals surface area (Å²) < 4.78 is 5.42. The molecule has 0 aliphatic carbocycles. The van der Waals surface area contributed by atoms with Gasteiger partial charge in [-0.15, -0.1) is 0 Å². The van der Waals surface area contributed by atoms with Crippen LogP contribution in [0.25, 0.3) is 0 Å². The Balaban J connectivity index is 3.47. The lowest BCUT2D eigenvalue weighted by molar-refractivity contribution is -0.148. The molecule has 0 saturated carbocycles. The van der Waals surface area contributed by atoms with Crippen LogP contribution in [-0.2, 0) is 35.1 Å². The van der Waals surface area contributed by atoms with E-state index in [2.05, 4.69) is 10.6 Å². The molecule has 1 rings (SSSR count). The van der Waals surface area contributed by atoms with Crippen molar-refractivity contribution in [2.75, 3.05) is 21.1 Å². The highest BCUT2D eigenvalue weighted by Gasteiger charge is 2.38. The Morgan fingerprint density at radius 1 is 0.740 bits per heavy atom. The Hall–Kier alpha value is -4.20. The van der Waals surface area contributed by atoms with Crippen LogP contribution in [0.15, 0.2) is 30.3 Å². The molecular formula is C36H59N5O9. The Kier molecular flexibility index (Phi) is 16.9. The van der Waals surface area contributed by atoms with E-state index in [4.69, 9.17) is 4.74 Å². The van der Waals surface area contributed by atoms with Gasteiger partial charge in [0.15, 0.2) is 6.04 Å². The Morgan fingerprint density at radius 3 is 1.70 bits per heavy atom. The van der Waals surface area contributed by atoms with Crippen molar-refractivity contribution in [3.05, 3.63) is 35.9 Å². The highest BCUT2D eigenvalue weighted by molar-refractivity contribution is 5.96. The predicted octanol–water partition coefficient (Wildman–Crippen LogP) is 2.67. The number of aliphatic hydroxyl groups excluding tert-OH is 1. The van der Waals surface area contributed by atoms with E-state index < -0.39 is 77.6 Å². The molecule has 0 aliphatic heterocycles. The van der Waals surface area contributed by atoms with Gasteiger partial charge in [0.1, 0.15) is 29.8 Å². The molecule has 1 aromatic rings. The smallest absolute Gasteiger partial charge is 0.410 e. The van der Waals surface area contributed by atoms with Gasteiger partial charge in [-0.2, -0.15) is 0 Å². The highest BCUT2D eigenvalue weighted by atomic mass is 16.6. The van der Waals surface area contributed by atoms with Crippen molar-refractivity contribution < 1.29 is 43.7 Å². The number of carbonyl (C=O) groups excluding carboxylic acids is 5. The van der Waals surface area contributed by atoms with Crippen molar-refractivity contribution in [1.82, 2.24) is 25.3 Å². The van der Waals surface area contributed by atoms with Crippen molar-refractivity contribution in [2.24, 2.45) is 11.8 Å². The number of carbonyl (C=O) groups is 6. The third-order valence-electron chi connectivity index (χ3n) is 8.19. The molecule has 0 unspecified atom stereocenters. The van der Waals surface area contributed by atoms with Gasteiger partial charge in [-0.1, -0.05) is 58.0 Å². The zero-order chi connectivity index (χ0) is 38.7. The van der Waals surface area contributed by atoms with Crippen molar-refractivity contribution in [2.45, 2.75) is 123 Å². The second kappa shape index (κ2) is 19.3. The van der Waals surface area contributed by atoms with Crippen molar-refractivity contribution in [3.63, 3.8) is 0 Å². The number of hydrogen-bond donors (Lipinski definition) is 4. The van der Waals surface area contributed by atoms with Gasteiger partial charge < -0.3 is 35.4 Å². The van der Waals surface area contributed by atoms with E-state index in [1.165, 1.54) is 44.8 Å². The molecule has 6 atom stereocenters. The number of carboxylic acid groups (broad SMARTS) is 1. The van der Waals surface area contributed by atoms with E-state index in [-0.39, 0.29) is 31.1 Å². The molecule has 14 heteroatoms. The zero-order valence-corrected chi connectivity index (χ0v) is 31.7. The summed E-state index contributed by atoms with van der Waals surface area (Å²) in [6.45, 7) is 15.3. The molecule has 1 aromatic carbocycles. The average molecular weight is 706 g/mol. The summed E-state index contributed by atoms with van der Waals surface area (Å²) in [5.74, 6) is -4.06. The van der Waals surface area contributed by atoms with Crippen LogP contribution in [-0.4, -0.2) is 124 Å². The molecular weight excluding hydrogens is 646 g/mol. The van der Waals surface area contributed by atoms with E-state index in [0.29, 0.717) is 0 Å². The van der Waals surface area contributed by atoms with E-state index in [1.807, 2.05) is 45.9 Å². The normalized spacial score (nSPS) is 15.2. The topological polar surface area (TPSA) is 186 Å². The summed E-state index contributed by atoms with van der Waals surface area (Å²) >= 11 is 0. The number of amides is 5. The molecule has 0 saturated heterocycles. The fraction of sp³-hybridized carbons (Fsp3) is 0.667. The number of hydrogen-bond acceptors (Lipinski definition) is 8. The van der Waals surface area contributed by atoms with Crippen molar-refractivity contribution in [1.29, 1.82) is 0 Å². The van der Waals surface area contributed by atoms with Gasteiger partial charge in [-0.05, 0) is 64.9 Å². The number of likely N-dealkylation sites (N-methyl/N-ethyl adjacent to an activating group) is 3. The third kappa shape index (κ3) is 13.6. The summed E-state index contributed by atoms with van der Waals surface area (Å²) in [4.78, 5) is 83.4. The molecule has 0 heterocycles. The van der Waals surface area contributed by atoms with Gasteiger partial charge in [0, 0.05) is 27.6 Å². The SMILES string of the molecule is CC(C)C[C@H](NC(=O)[C@H](Cc1ccccc1)N(C)C(=O)[C@H](C)N(C)C(=O)OC(C)(C)C)C(=O)N(C)[C@@H](CC(C)C)C(=O)N[C@H](C(=O)O)[C@@H](C)O. The molecule has 0 bridgehead atoms. The molecule has 5 amide bonds. The molecule has 4 N–H and O–H groups in total. The summed E-state index contributed by atoms with van der Waals surface area (Å²) in [5.41, 5.74) is -0.0330. The van der Waals surface area contributed by atoms with Crippen LogP contribution in [0.2, 0.25) is 0 Å². The average Bonchev–Trinajstić information content (AvgIpc) is 3.01. The number of nitrogens with one attached hydrogen (secondary N) is 2. The lowest BCUT2D eigenvalue weighted by atomic mass is 9.97. The van der Waals surface area contributed by atoms with Crippen molar-refractivity contribution >= 4 is 35.7 Å². The first-order valence-electron chi connectivity index (χ1n) is 17.0. The molecule has 0 spiro atoms. The quantitative estimate of drug-likeness (QED) is 0.189. The minimum atomic E-state index is -1.59. The number of rotatable bonds is 17. The van der Waals surface area contributed by atoms with E-state index >= 15 is 0 Å². The Labute approximate surface area is 296 Å². The number of benzene rings is 1. The summed E-state index contributed by atoms with van der Waals surface area (Å²) in [6.07, 6.45) is -1.61. The lowest BCUT2D eigenvalue weighted by Gasteiger charge is -2.36. The van der Waals surface area contributed by atoms with Gasteiger partial charge >= 0.3 is 12.1 Å². The number of aliphatic hydroxyl groups is 1. The monoisotopic (exact) mass is 705 g/mol. The molecule has 0 fully saturated rings. The lowest BCUT2D eigenvalue weighted by Crippen LogP contribution is -2.60. The first-order valence-corrected chi connectivity index (χ1v) is 17.0. The minimum absolute atomic E-state index is 0.0731. The Bertz CT molecular complexity index is 1310. The predicted molar refractivity (Wildman–Crippen MR) is 189 cm³/mol. The maximum absolute atomic E-state index is 14.2. The van der Waals surface area contributed by atoms with E-state index in [1.54, 1.807) is 32.9 Å². The van der Waals surface area contributed by atoms with E-state index in [9.17, 15) is 39.0 Å². The van der Waals surface area contributed by atoms with Gasteiger partial charge in [-0.25, -0.2) is 9.59 Å². The van der Waals surface area contributed by atoms with Gasteiger partial charge in [-0.3, -0.25) is 24.1 Å². The summed E-state index contributed by atoms with van der Waals surface area (Å²) in [6, 6.07) is 3.16. The van der Waals surface area contributed by atoms with E-state index in [0.717, 1.165) is 10.5 Å². The van der Waals surface area contributed by atoms with Gasteiger partial charge in [0.25, 0.3) is 0 Å². The van der Waals surface area contributed by atoms with Crippen LogP contribution in [0.1, 0.15) is 80.7 Å². The minimum Gasteiger partial charge on any atom is -0.480 e. The number of ether oxygens (including phenoxy) is 1. The summed E-state index contributed by atoms with van der Waals surface area (Å²) in [5, 5.41) is 24.6. The molecule has 0 aromatic heterocycles.